The van der Waals surface area contributed by atoms with E-state index in [0.29, 0.717) is 13.0 Å². The highest BCUT2D eigenvalue weighted by Crippen LogP contribution is 2.00. The number of aliphatic hydroxyl groups is 1. The predicted octanol–water partition coefficient (Wildman–Crippen LogP) is 0.315. The summed E-state index contributed by atoms with van der Waals surface area (Å²) in [7, 11) is 1.77. The van der Waals surface area contributed by atoms with E-state index in [4.69, 9.17) is 5.11 Å². The summed E-state index contributed by atoms with van der Waals surface area (Å²) in [6, 6.07) is 0. The highest BCUT2D eigenvalue weighted by molar-refractivity contribution is 4.62. The lowest BCUT2D eigenvalue weighted by molar-refractivity contribution is 0.0812. The first kappa shape index (κ1) is 8.85. The molecule has 3 heteroatoms. The molecule has 0 radical (unpaired) electrons. The van der Waals surface area contributed by atoms with Crippen LogP contribution in [0.5, 0.6) is 0 Å². The molecule has 2 unspecified atom stereocenters. The summed E-state index contributed by atoms with van der Waals surface area (Å²) in [6.45, 7) is 2.02. The average molecular weight is 135 g/mol. The van der Waals surface area contributed by atoms with Crippen molar-refractivity contribution in [2.45, 2.75) is 25.6 Å². The van der Waals surface area contributed by atoms with Crippen LogP contribution in [-0.4, -0.2) is 31.0 Å². The van der Waals surface area contributed by atoms with Crippen LogP contribution >= 0.6 is 0 Å². The predicted molar refractivity (Wildman–Crippen MR) is 35.1 cm³/mol. The van der Waals surface area contributed by atoms with Crippen LogP contribution in [0.4, 0.5) is 4.39 Å². The van der Waals surface area contributed by atoms with Crippen LogP contribution in [0.15, 0.2) is 0 Å². The molecule has 0 fully saturated rings. The Balaban J connectivity index is 3.16. The number of rotatable bonds is 4. The van der Waals surface area contributed by atoms with Gasteiger partial charge >= 0.3 is 0 Å². The lowest BCUT2D eigenvalue weighted by Crippen LogP contribution is -2.23. The third-order valence-corrected chi connectivity index (χ3v) is 1.22. The summed E-state index contributed by atoms with van der Waals surface area (Å²) >= 11 is 0. The number of hydrogen-bond acceptors (Lipinski definition) is 2. The van der Waals surface area contributed by atoms with Gasteiger partial charge in [0.1, 0.15) is 6.17 Å². The molecule has 2 N–H and O–H groups in total. The highest BCUT2D eigenvalue weighted by atomic mass is 19.1. The number of aliphatic hydroxyl groups excluding tert-OH is 1. The second-order valence-corrected chi connectivity index (χ2v) is 2.14. The van der Waals surface area contributed by atoms with E-state index in [2.05, 4.69) is 5.32 Å². The van der Waals surface area contributed by atoms with Gasteiger partial charge in [-0.1, -0.05) is 0 Å². The van der Waals surface area contributed by atoms with Crippen LogP contribution in [-0.2, 0) is 0 Å². The quantitative estimate of drug-likeness (QED) is 0.581. The molecule has 0 spiro atoms. The zero-order valence-electron chi connectivity index (χ0n) is 5.89. The van der Waals surface area contributed by atoms with Gasteiger partial charge in [-0.2, -0.15) is 0 Å². The summed E-state index contributed by atoms with van der Waals surface area (Å²) in [4.78, 5) is 0. The molecule has 0 amide bonds. The molecular formula is C6H14FNO. The first-order chi connectivity index (χ1) is 4.18. The molecule has 0 rings (SSSR count). The normalized spacial score (nSPS) is 17.3. The molecule has 56 valence electrons. The average Bonchev–Trinajstić information content (AvgIpc) is 1.82. The van der Waals surface area contributed by atoms with Gasteiger partial charge in [0.15, 0.2) is 0 Å². The van der Waals surface area contributed by atoms with Crippen molar-refractivity contribution in [1.82, 2.24) is 5.32 Å². The smallest absolute Gasteiger partial charge is 0.123 e. The molecule has 0 saturated heterocycles. The Bertz CT molecular complexity index is 68.1. The fraction of sp³-hybridized carbons (Fsp3) is 1.00. The molecule has 0 aromatic heterocycles. The largest absolute Gasteiger partial charge is 0.390 e. The summed E-state index contributed by atoms with van der Waals surface area (Å²) in [5, 5.41) is 11.7. The number of hydrogen-bond donors (Lipinski definition) is 2. The zero-order valence-corrected chi connectivity index (χ0v) is 5.89. The molecule has 2 atom stereocenters. The highest BCUT2D eigenvalue weighted by Gasteiger charge is 2.10. The minimum Gasteiger partial charge on any atom is -0.390 e. The summed E-state index contributed by atoms with van der Waals surface area (Å²) in [5.41, 5.74) is 0. The second-order valence-electron chi connectivity index (χ2n) is 2.14. The molecule has 0 aromatic carbocycles. The van der Waals surface area contributed by atoms with Crippen LogP contribution in [0.25, 0.3) is 0 Å². The number of alkyl halides is 1. The third kappa shape index (κ3) is 4.36. The van der Waals surface area contributed by atoms with Crippen molar-refractivity contribution in [1.29, 1.82) is 0 Å². The Hall–Kier alpha value is -0.150. The van der Waals surface area contributed by atoms with E-state index in [1.54, 1.807) is 7.05 Å². The Morgan fingerprint density at radius 1 is 1.67 bits per heavy atom. The molecule has 0 bridgehead atoms. The Morgan fingerprint density at radius 2 is 2.22 bits per heavy atom. The molecule has 0 aliphatic heterocycles. The molecule has 9 heavy (non-hydrogen) atoms. The Morgan fingerprint density at radius 3 is 2.56 bits per heavy atom. The molecule has 0 heterocycles. The van der Waals surface area contributed by atoms with E-state index in [0.717, 1.165) is 0 Å². The lowest BCUT2D eigenvalue weighted by atomic mass is 10.2. The fourth-order valence-electron chi connectivity index (χ4n) is 0.522. The van der Waals surface area contributed by atoms with E-state index in [9.17, 15) is 4.39 Å². The van der Waals surface area contributed by atoms with Gasteiger partial charge in [-0.3, -0.25) is 0 Å². The van der Waals surface area contributed by atoms with E-state index in [1.807, 2.05) is 0 Å². The van der Waals surface area contributed by atoms with Crippen molar-refractivity contribution in [3.05, 3.63) is 0 Å². The maximum absolute atomic E-state index is 12.1. The van der Waals surface area contributed by atoms with E-state index >= 15 is 0 Å². The van der Waals surface area contributed by atoms with Crippen LogP contribution in [0.1, 0.15) is 13.3 Å². The van der Waals surface area contributed by atoms with E-state index < -0.39 is 12.3 Å². The van der Waals surface area contributed by atoms with Gasteiger partial charge in [0.2, 0.25) is 0 Å². The summed E-state index contributed by atoms with van der Waals surface area (Å²) in [5.74, 6) is 0. The molecule has 0 aliphatic carbocycles. The topological polar surface area (TPSA) is 32.3 Å². The molecule has 0 aliphatic rings. The molecule has 0 aromatic rings. The van der Waals surface area contributed by atoms with Gasteiger partial charge < -0.3 is 10.4 Å². The van der Waals surface area contributed by atoms with Gasteiger partial charge in [-0.15, -0.1) is 0 Å². The van der Waals surface area contributed by atoms with Gasteiger partial charge in [0, 0.05) is 0 Å². The monoisotopic (exact) mass is 135 g/mol. The minimum absolute atomic E-state index is 0.480. The molecule has 2 nitrogen and oxygen atoms in total. The molecular weight excluding hydrogens is 121 g/mol. The van der Waals surface area contributed by atoms with Gasteiger partial charge in [-0.25, -0.2) is 4.39 Å². The minimum atomic E-state index is -1.11. The standard InChI is InChI=1S/C6H14FNO/c1-5(7)6(9)3-4-8-2/h5-6,8-9H,3-4H2,1-2H3. The second kappa shape index (κ2) is 4.70. The van der Waals surface area contributed by atoms with Crippen LogP contribution in [0.3, 0.4) is 0 Å². The Labute approximate surface area is 55.1 Å². The maximum atomic E-state index is 12.1. The first-order valence-electron chi connectivity index (χ1n) is 3.15. The van der Waals surface area contributed by atoms with Crippen molar-refractivity contribution >= 4 is 0 Å². The van der Waals surface area contributed by atoms with E-state index in [1.165, 1.54) is 6.92 Å². The maximum Gasteiger partial charge on any atom is 0.123 e. The van der Waals surface area contributed by atoms with Gasteiger partial charge in [0.05, 0.1) is 6.10 Å². The first-order valence-corrected chi connectivity index (χ1v) is 3.15. The van der Waals surface area contributed by atoms with Gasteiger partial charge in [0.25, 0.3) is 0 Å². The van der Waals surface area contributed by atoms with Crippen LogP contribution in [0, 0.1) is 0 Å². The van der Waals surface area contributed by atoms with Crippen molar-refractivity contribution < 1.29 is 9.50 Å². The number of halogens is 1. The fourth-order valence-corrected chi connectivity index (χ4v) is 0.522. The van der Waals surface area contributed by atoms with E-state index in [-0.39, 0.29) is 0 Å². The zero-order chi connectivity index (χ0) is 7.28. The summed E-state index contributed by atoms with van der Waals surface area (Å²) in [6.07, 6.45) is -1.44. The molecule has 0 saturated carbocycles. The lowest BCUT2D eigenvalue weighted by Gasteiger charge is -2.09. The van der Waals surface area contributed by atoms with Crippen molar-refractivity contribution in [2.75, 3.05) is 13.6 Å². The third-order valence-electron chi connectivity index (χ3n) is 1.22. The Kier molecular flexibility index (Phi) is 4.62. The number of nitrogens with one attached hydrogen (secondary N) is 1. The van der Waals surface area contributed by atoms with Crippen LogP contribution in [0.2, 0.25) is 0 Å². The van der Waals surface area contributed by atoms with Crippen LogP contribution < -0.4 is 5.32 Å². The van der Waals surface area contributed by atoms with Crippen molar-refractivity contribution in [2.24, 2.45) is 0 Å². The van der Waals surface area contributed by atoms with Crippen molar-refractivity contribution in [3.63, 3.8) is 0 Å². The van der Waals surface area contributed by atoms with Crippen molar-refractivity contribution in [3.8, 4) is 0 Å². The SMILES string of the molecule is CNCCC(O)C(C)F. The summed E-state index contributed by atoms with van der Waals surface area (Å²) < 4.78 is 12.1. The van der Waals surface area contributed by atoms with Gasteiger partial charge in [-0.05, 0) is 26.9 Å².